The maximum Gasteiger partial charge on any atom is 0.216 e. The fourth-order valence-electron chi connectivity index (χ4n) is 1.74. The molecule has 1 rings (SSSR count). The van der Waals surface area contributed by atoms with E-state index in [1.165, 1.54) is 0 Å². The first-order valence-corrected chi connectivity index (χ1v) is 8.02. The maximum absolute atomic E-state index is 12.0. The second kappa shape index (κ2) is 7.25. The Labute approximate surface area is 120 Å². The van der Waals surface area contributed by atoms with Gasteiger partial charge in [0.2, 0.25) is 10.0 Å². The monoisotopic (exact) mass is 298 g/mol. The molecule has 0 aromatic heterocycles. The first kappa shape index (κ1) is 16.5. The molecule has 0 amide bonds. The molecule has 0 fully saturated rings. The molecular weight excluding hydrogens is 276 g/mol. The van der Waals surface area contributed by atoms with Crippen LogP contribution in [0.25, 0.3) is 0 Å². The molecule has 0 heterocycles. The van der Waals surface area contributed by atoms with Gasteiger partial charge in [0.25, 0.3) is 0 Å². The van der Waals surface area contributed by atoms with Crippen LogP contribution in [0.15, 0.2) is 29.3 Å². The third-order valence-corrected chi connectivity index (χ3v) is 4.10. The van der Waals surface area contributed by atoms with Crippen molar-refractivity contribution in [2.75, 3.05) is 7.05 Å². The summed E-state index contributed by atoms with van der Waals surface area (Å²) in [5, 5.41) is 2.93. The van der Waals surface area contributed by atoms with Crippen molar-refractivity contribution < 1.29 is 8.42 Å². The van der Waals surface area contributed by atoms with Crippen molar-refractivity contribution in [3.05, 3.63) is 35.4 Å². The lowest BCUT2D eigenvalue weighted by atomic mass is 10.1. The summed E-state index contributed by atoms with van der Waals surface area (Å²) in [4.78, 5) is 3.80. The van der Waals surface area contributed by atoms with E-state index < -0.39 is 10.0 Å². The van der Waals surface area contributed by atoms with E-state index in [4.69, 9.17) is 5.73 Å². The Hall–Kier alpha value is -1.60. The predicted octanol–water partition coefficient (Wildman–Crippen LogP) is 0.548. The van der Waals surface area contributed by atoms with Gasteiger partial charge >= 0.3 is 0 Å². The van der Waals surface area contributed by atoms with Crippen molar-refractivity contribution in [3.8, 4) is 0 Å². The summed E-state index contributed by atoms with van der Waals surface area (Å²) in [5.74, 6) is 0.273. The van der Waals surface area contributed by atoms with E-state index in [9.17, 15) is 8.42 Å². The number of nitrogens with zero attached hydrogens (tertiary/aromatic N) is 1. The van der Waals surface area contributed by atoms with Crippen LogP contribution in [0.2, 0.25) is 0 Å². The summed E-state index contributed by atoms with van der Waals surface area (Å²) in [6.07, 6.45) is 0. The number of hydrogen-bond donors (Lipinski definition) is 3. The Morgan fingerprint density at radius 3 is 2.45 bits per heavy atom. The molecule has 0 aliphatic rings. The molecule has 6 nitrogen and oxygen atoms in total. The third-order valence-electron chi connectivity index (χ3n) is 2.58. The van der Waals surface area contributed by atoms with Crippen molar-refractivity contribution in [2.24, 2.45) is 10.7 Å². The normalized spacial score (nSPS) is 12.7. The number of nitrogens with two attached hydrogens (primary N) is 1. The largest absolute Gasteiger partial charge is 0.370 e. The number of nitrogens with one attached hydrogen (secondary N) is 2. The molecule has 0 radical (unpaired) electrons. The molecule has 4 N–H and O–H groups in total. The van der Waals surface area contributed by atoms with E-state index in [-0.39, 0.29) is 11.8 Å². The highest BCUT2D eigenvalue weighted by molar-refractivity contribution is 7.88. The molecule has 112 valence electrons. The minimum Gasteiger partial charge on any atom is -0.370 e. The summed E-state index contributed by atoms with van der Waals surface area (Å²) < 4.78 is 26.5. The SMILES string of the molecule is CN=C(N)NCc1ccccc1CS(=O)(=O)NC(C)C. The van der Waals surface area contributed by atoms with Gasteiger partial charge in [0, 0.05) is 19.6 Å². The van der Waals surface area contributed by atoms with E-state index in [1.807, 2.05) is 18.2 Å². The molecular formula is C13H22N4O2S. The summed E-state index contributed by atoms with van der Waals surface area (Å²) in [7, 11) is -1.75. The second-order valence-corrected chi connectivity index (χ2v) is 6.52. The van der Waals surface area contributed by atoms with Gasteiger partial charge in [0.1, 0.15) is 0 Å². The predicted molar refractivity (Wildman–Crippen MR) is 81.7 cm³/mol. The van der Waals surface area contributed by atoms with Gasteiger partial charge in [-0.15, -0.1) is 0 Å². The molecule has 1 aromatic carbocycles. The Morgan fingerprint density at radius 2 is 1.90 bits per heavy atom. The number of hydrogen-bond acceptors (Lipinski definition) is 3. The smallest absolute Gasteiger partial charge is 0.216 e. The Balaban J connectivity index is 2.85. The highest BCUT2D eigenvalue weighted by Gasteiger charge is 2.15. The van der Waals surface area contributed by atoms with Gasteiger partial charge in [-0.3, -0.25) is 4.99 Å². The van der Waals surface area contributed by atoms with Crippen LogP contribution in [0.5, 0.6) is 0 Å². The molecule has 0 spiro atoms. The van der Waals surface area contributed by atoms with Gasteiger partial charge < -0.3 is 11.1 Å². The highest BCUT2D eigenvalue weighted by atomic mass is 32.2. The number of rotatable bonds is 6. The van der Waals surface area contributed by atoms with Gasteiger partial charge in [-0.1, -0.05) is 24.3 Å². The van der Waals surface area contributed by atoms with Crippen molar-refractivity contribution in [1.82, 2.24) is 10.0 Å². The fourth-order valence-corrected chi connectivity index (χ4v) is 3.23. The van der Waals surface area contributed by atoms with Crippen LogP contribution in [0.1, 0.15) is 25.0 Å². The van der Waals surface area contributed by atoms with Gasteiger partial charge in [0.15, 0.2) is 5.96 Å². The van der Waals surface area contributed by atoms with Crippen LogP contribution in [0, 0.1) is 0 Å². The van der Waals surface area contributed by atoms with Crippen LogP contribution < -0.4 is 15.8 Å². The lowest BCUT2D eigenvalue weighted by Crippen LogP contribution is -2.33. The lowest BCUT2D eigenvalue weighted by Gasteiger charge is -2.13. The zero-order valence-corrected chi connectivity index (χ0v) is 12.9. The molecule has 20 heavy (non-hydrogen) atoms. The standard InChI is InChI=1S/C13H22N4O2S/c1-10(2)17-20(18,19)9-12-7-5-4-6-11(12)8-16-13(14)15-3/h4-7,10,17H,8-9H2,1-3H3,(H3,14,15,16). The minimum atomic E-state index is -3.34. The van der Waals surface area contributed by atoms with Gasteiger partial charge in [-0.05, 0) is 25.0 Å². The first-order chi connectivity index (χ1) is 9.34. The molecule has 0 saturated carbocycles. The summed E-state index contributed by atoms with van der Waals surface area (Å²) in [5.41, 5.74) is 7.20. The Morgan fingerprint density at radius 1 is 1.30 bits per heavy atom. The second-order valence-electron chi connectivity index (χ2n) is 4.76. The number of sulfonamides is 1. The maximum atomic E-state index is 12.0. The van der Waals surface area contributed by atoms with E-state index in [2.05, 4.69) is 15.0 Å². The number of guanidine groups is 1. The molecule has 0 aliphatic carbocycles. The molecule has 0 saturated heterocycles. The highest BCUT2D eigenvalue weighted by Crippen LogP contribution is 2.12. The molecule has 0 aliphatic heterocycles. The van der Waals surface area contributed by atoms with Gasteiger partial charge in [0.05, 0.1) is 5.75 Å². The third kappa shape index (κ3) is 5.58. The number of benzene rings is 1. The van der Waals surface area contributed by atoms with Crippen molar-refractivity contribution in [2.45, 2.75) is 32.2 Å². The first-order valence-electron chi connectivity index (χ1n) is 6.37. The van der Waals surface area contributed by atoms with Crippen LogP contribution >= 0.6 is 0 Å². The average molecular weight is 298 g/mol. The van der Waals surface area contributed by atoms with Crippen molar-refractivity contribution in [3.63, 3.8) is 0 Å². The molecule has 1 aromatic rings. The Kier molecular flexibility index (Phi) is 5.97. The zero-order chi connectivity index (χ0) is 15.2. The van der Waals surface area contributed by atoms with E-state index in [0.717, 1.165) is 11.1 Å². The van der Waals surface area contributed by atoms with E-state index in [0.29, 0.717) is 12.5 Å². The topological polar surface area (TPSA) is 96.6 Å². The zero-order valence-electron chi connectivity index (χ0n) is 12.1. The Bertz CT molecular complexity index is 567. The minimum absolute atomic E-state index is 0.0494. The van der Waals surface area contributed by atoms with Crippen LogP contribution in [0.4, 0.5) is 0 Å². The summed E-state index contributed by atoms with van der Waals surface area (Å²) in [6.45, 7) is 4.03. The van der Waals surface area contributed by atoms with Crippen LogP contribution in [-0.2, 0) is 22.3 Å². The quantitative estimate of drug-likeness (QED) is 0.528. The number of aliphatic imine (C=N–C) groups is 1. The summed E-state index contributed by atoms with van der Waals surface area (Å²) in [6, 6.07) is 7.24. The molecule has 0 unspecified atom stereocenters. The van der Waals surface area contributed by atoms with Crippen molar-refractivity contribution >= 4 is 16.0 Å². The molecule has 7 heteroatoms. The van der Waals surface area contributed by atoms with Crippen molar-refractivity contribution in [1.29, 1.82) is 0 Å². The molecule has 0 bridgehead atoms. The van der Waals surface area contributed by atoms with Crippen LogP contribution in [0.3, 0.4) is 0 Å². The van der Waals surface area contributed by atoms with E-state index >= 15 is 0 Å². The molecule has 0 atom stereocenters. The summed E-state index contributed by atoms with van der Waals surface area (Å²) >= 11 is 0. The van der Waals surface area contributed by atoms with Gasteiger partial charge in [-0.25, -0.2) is 13.1 Å². The van der Waals surface area contributed by atoms with Gasteiger partial charge in [-0.2, -0.15) is 0 Å². The van der Waals surface area contributed by atoms with E-state index in [1.54, 1.807) is 27.0 Å². The average Bonchev–Trinajstić information content (AvgIpc) is 2.35. The van der Waals surface area contributed by atoms with Crippen LogP contribution in [-0.4, -0.2) is 27.5 Å². The lowest BCUT2D eigenvalue weighted by molar-refractivity contribution is 0.568. The fraction of sp³-hybridized carbons (Fsp3) is 0.462.